The third kappa shape index (κ3) is 5.54. The Labute approximate surface area is 74.7 Å². The van der Waals surface area contributed by atoms with E-state index in [0.29, 0.717) is 6.61 Å². The van der Waals surface area contributed by atoms with Crippen LogP contribution in [-0.4, -0.2) is 6.61 Å². The normalized spacial score (nSPS) is 12.7. The molecule has 0 bridgehead atoms. The summed E-state index contributed by atoms with van der Waals surface area (Å²) in [5, 5.41) is 0. The van der Waals surface area contributed by atoms with Crippen LogP contribution >= 0.6 is 0 Å². The molecule has 0 atom stereocenters. The van der Waals surface area contributed by atoms with Crippen molar-refractivity contribution in [1.29, 1.82) is 0 Å². The molecule has 0 aliphatic carbocycles. The van der Waals surface area contributed by atoms with Gasteiger partial charge in [-0.2, -0.15) is 0 Å². The van der Waals surface area contributed by atoms with Crippen molar-refractivity contribution in [2.45, 2.75) is 13.8 Å². The quantitative estimate of drug-likeness (QED) is 0.448. The van der Waals surface area contributed by atoms with Crippen LogP contribution in [0.5, 0.6) is 0 Å². The zero-order valence-electron chi connectivity index (χ0n) is 7.79. The van der Waals surface area contributed by atoms with Gasteiger partial charge in [-0.15, -0.1) is 0 Å². The van der Waals surface area contributed by atoms with E-state index in [1.807, 2.05) is 44.2 Å². The van der Waals surface area contributed by atoms with Gasteiger partial charge in [-0.05, 0) is 26.0 Å². The van der Waals surface area contributed by atoms with Crippen LogP contribution in [0.3, 0.4) is 0 Å². The molecule has 12 heavy (non-hydrogen) atoms. The lowest BCUT2D eigenvalue weighted by Crippen LogP contribution is -1.86. The largest absolute Gasteiger partial charge is 0.494 e. The summed E-state index contributed by atoms with van der Waals surface area (Å²) in [6, 6.07) is 0. The molecule has 0 radical (unpaired) electrons. The fraction of sp³-hybridized carbons (Fsp3) is 0.273. The number of allylic oxidation sites excluding steroid dienone is 6. The van der Waals surface area contributed by atoms with E-state index in [1.54, 1.807) is 6.08 Å². The van der Waals surface area contributed by atoms with Crippen LogP contribution in [-0.2, 0) is 4.74 Å². The summed E-state index contributed by atoms with van der Waals surface area (Å²) < 4.78 is 5.30. The van der Waals surface area contributed by atoms with E-state index in [1.165, 1.54) is 0 Å². The van der Waals surface area contributed by atoms with Gasteiger partial charge in [0.1, 0.15) is 5.76 Å². The summed E-state index contributed by atoms with van der Waals surface area (Å²) >= 11 is 0. The maximum Gasteiger partial charge on any atom is 0.119 e. The molecule has 0 unspecified atom stereocenters. The Balaban J connectivity index is 4.12. The summed E-state index contributed by atoms with van der Waals surface area (Å²) in [5.41, 5.74) is 0. The maximum absolute atomic E-state index is 5.30. The summed E-state index contributed by atoms with van der Waals surface area (Å²) in [7, 11) is 0. The molecule has 1 nitrogen and oxygen atoms in total. The van der Waals surface area contributed by atoms with Crippen LogP contribution in [0.2, 0.25) is 0 Å². The standard InChI is InChI=1S/C11H16O/c1-4-7-8-10-11(9-5-2)12-6-3/h4-5,7-10H,2,6H2,1,3H3/b7-4-,10-8-,11-9+. The lowest BCUT2D eigenvalue weighted by Gasteiger charge is -2.00. The lowest BCUT2D eigenvalue weighted by atomic mass is 10.3. The van der Waals surface area contributed by atoms with Crippen molar-refractivity contribution < 1.29 is 4.74 Å². The average molecular weight is 164 g/mol. The Morgan fingerprint density at radius 1 is 1.42 bits per heavy atom. The Morgan fingerprint density at radius 3 is 2.67 bits per heavy atom. The highest BCUT2D eigenvalue weighted by molar-refractivity contribution is 5.20. The highest BCUT2D eigenvalue weighted by Crippen LogP contribution is 1.99. The van der Waals surface area contributed by atoms with Crippen LogP contribution in [0.15, 0.2) is 48.8 Å². The minimum Gasteiger partial charge on any atom is -0.494 e. The molecule has 0 heterocycles. The van der Waals surface area contributed by atoms with Gasteiger partial charge >= 0.3 is 0 Å². The van der Waals surface area contributed by atoms with Crippen molar-refractivity contribution in [1.82, 2.24) is 0 Å². The zero-order valence-corrected chi connectivity index (χ0v) is 7.79. The van der Waals surface area contributed by atoms with Crippen LogP contribution < -0.4 is 0 Å². The number of ether oxygens (including phenoxy) is 1. The molecule has 0 aliphatic rings. The van der Waals surface area contributed by atoms with Crippen molar-refractivity contribution in [3.63, 3.8) is 0 Å². The fourth-order valence-corrected chi connectivity index (χ4v) is 0.696. The summed E-state index contributed by atoms with van der Waals surface area (Å²) in [4.78, 5) is 0. The van der Waals surface area contributed by atoms with E-state index >= 15 is 0 Å². The smallest absolute Gasteiger partial charge is 0.119 e. The lowest BCUT2D eigenvalue weighted by molar-refractivity contribution is 0.242. The first-order chi connectivity index (χ1) is 5.85. The SMILES string of the molecule is C=C\C=C(/C=C\C=C/C)OCC. The molecular formula is C11H16O. The van der Waals surface area contributed by atoms with E-state index in [9.17, 15) is 0 Å². The molecule has 0 amide bonds. The van der Waals surface area contributed by atoms with Gasteiger partial charge in [-0.3, -0.25) is 0 Å². The van der Waals surface area contributed by atoms with E-state index in [2.05, 4.69) is 6.58 Å². The predicted molar refractivity (Wildman–Crippen MR) is 53.9 cm³/mol. The Hall–Kier alpha value is -1.24. The number of hydrogen-bond donors (Lipinski definition) is 0. The average Bonchev–Trinajstić information content (AvgIpc) is 2.06. The Morgan fingerprint density at radius 2 is 2.17 bits per heavy atom. The molecule has 0 N–H and O–H groups in total. The molecule has 1 heteroatoms. The summed E-state index contributed by atoms with van der Waals surface area (Å²) in [6.07, 6.45) is 11.3. The van der Waals surface area contributed by atoms with Gasteiger partial charge < -0.3 is 4.74 Å². The third-order valence-electron chi connectivity index (χ3n) is 1.16. The van der Waals surface area contributed by atoms with E-state index in [4.69, 9.17) is 4.74 Å². The molecule has 0 rings (SSSR count). The monoisotopic (exact) mass is 164 g/mol. The molecule has 0 aromatic heterocycles. The van der Waals surface area contributed by atoms with Crippen molar-refractivity contribution in [2.24, 2.45) is 0 Å². The first-order valence-electron chi connectivity index (χ1n) is 4.10. The molecule has 0 aromatic rings. The van der Waals surface area contributed by atoms with E-state index in [0.717, 1.165) is 5.76 Å². The molecule has 0 fully saturated rings. The maximum atomic E-state index is 5.30. The Bertz CT molecular complexity index is 197. The minimum absolute atomic E-state index is 0.680. The van der Waals surface area contributed by atoms with Gasteiger partial charge in [0, 0.05) is 0 Å². The summed E-state index contributed by atoms with van der Waals surface area (Å²) in [5.74, 6) is 0.839. The van der Waals surface area contributed by atoms with Gasteiger partial charge in [0.2, 0.25) is 0 Å². The van der Waals surface area contributed by atoms with Crippen molar-refractivity contribution in [3.05, 3.63) is 48.8 Å². The predicted octanol–water partition coefficient (Wildman–Crippen LogP) is 3.23. The second kappa shape index (κ2) is 7.86. The van der Waals surface area contributed by atoms with Gasteiger partial charge in [-0.25, -0.2) is 0 Å². The van der Waals surface area contributed by atoms with Crippen molar-refractivity contribution in [3.8, 4) is 0 Å². The molecule has 0 aromatic carbocycles. The topological polar surface area (TPSA) is 9.23 Å². The molecule has 0 spiro atoms. The Kier molecular flexibility index (Phi) is 7.05. The van der Waals surface area contributed by atoms with Crippen molar-refractivity contribution in [2.75, 3.05) is 6.61 Å². The van der Waals surface area contributed by atoms with E-state index < -0.39 is 0 Å². The second-order valence-electron chi connectivity index (χ2n) is 2.12. The number of hydrogen-bond acceptors (Lipinski definition) is 1. The van der Waals surface area contributed by atoms with Crippen LogP contribution in [0.4, 0.5) is 0 Å². The molecule has 0 saturated carbocycles. The second-order valence-corrected chi connectivity index (χ2v) is 2.12. The van der Waals surface area contributed by atoms with E-state index in [-0.39, 0.29) is 0 Å². The first-order valence-corrected chi connectivity index (χ1v) is 4.10. The zero-order chi connectivity index (χ0) is 9.23. The van der Waals surface area contributed by atoms with Crippen LogP contribution in [0, 0.1) is 0 Å². The van der Waals surface area contributed by atoms with Crippen molar-refractivity contribution >= 4 is 0 Å². The fourth-order valence-electron chi connectivity index (χ4n) is 0.696. The third-order valence-corrected chi connectivity index (χ3v) is 1.16. The number of rotatable bonds is 5. The van der Waals surface area contributed by atoms with Gasteiger partial charge in [-0.1, -0.05) is 30.9 Å². The van der Waals surface area contributed by atoms with Gasteiger partial charge in [0.15, 0.2) is 0 Å². The highest BCUT2D eigenvalue weighted by atomic mass is 16.5. The highest BCUT2D eigenvalue weighted by Gasteiger charge is 1.85. The molecule has 0 saturated heterocycles. The molecule has 66 valence electrons. The molecular weight excluding hydrogens is 148 g/mol. The summed E-state index contributed by atoms with van der Waals surface area (Å²) in [6.45, 7) is 8.22. The van der Waals surface area contributed by atoms with Crippen LogP contribution in [0.25, 0.3) is 0 Å². The molecule has 0 aliphatic heterocycles. The van der Waals surface area contributed by atoms with Gasteiger partial charge in [0.25, 0.3) is 0 Å². The van der Waals surface area contributed by atoms with Crippen LogP contribution in [0.1, 0.15) is 13.8 Å². The van der Waals surface area contributed by atoms with Gasteiger partial charge in [0.05, 0.1) is 6.61 Å². The minimum atomic E-state index is 0.680. The first kappa shape index (κ1) is 10.8.